The lowest BCUT2D eigenvalue weighted by Gasteiger charge is -2.40. The molecule has 2 aromatic rings. The topological polar surface area (TPSA) is 80.5 Å². The van der Waals surface area contributed by atoms with Crippen LogP contribution < -0.4 is 15.2 Å². The molecule has 206 valence electrons. The lowest BCUT2D eigenvalue weighted by molar-refractivity contribution is -0.582. The van der Waals surface area contributed by atoms with Crippen LogP contribution in [0.15, 0.2) is 65.4 Å². The van der Waals surface area contributed by atoms with Gasteiger partial charge >= 0.3 is 6.15 Å². The van der Waals surface area contributed by atoms with Crippen molar-refractivity contribution in [2.45, 2.75) is 52.0 Å². The molecule has 0 saturated carbocycles. The standard InChI is InChI=1S/C32H36N2O2Si.CO2/c1-32(2,3)21-8-11-24(31(35)36)27(18-21)30-25-12-9-22(33-14-6-15-33)19-28(25)37(4,5)29-20-23(10-13-26(29)30)34-16-7-17-34;2-1-3/h8-13,18-20H,6-7,14-17H2,1-5H3;/i6D2,7D2,14D2,15D2,16D2,17D2;. The van der Waals surface area contributed by atoms with E-state index in [0.717, 1.165) is 15.0 Å². The zero-order valence-electron chi connectivity index (χ0n) is 34.7. The van der Waals surface area contributed by atoms with Crippen LogP contribution in [-0.2, 0) is 15.0 Å². The summed E-state index contributed by atoms with van der Waals surface area (Å²) >= 11 is 0. The predicted molar refractivity (Wildman–Crippen MR) is 158 cm³/mol. The summed E-state index contributed by atoms with van der Waals surface area (Å²) in [6.45, 7) is -0.927. The van der Waals surface area contributed by atoms with Gasteiger partial charge < -0.3 is 14.8 Å². The number of benzene rings is 2. The van der Waals surface area contributed by atoms with E-state index in [1.54, 1.807) is 36.4 Å². The summed E-state index contributed by atoms with van der Waals surface area (Å²) in [4.78, 5) is 29.6. The molecule has 1 aliphatic carbocycles. The van der Waals surface area contributed by atoms with Crippen molar-refractivity contribution in [2.24, 2.45) is 0 Å². The van der Waals surface area contributed by atoms with Gasteiger partial charge in [-0.3, -0.25) is 0 Å². The SMILES string of the molecule is O=C=O.[2H]C1([2H])N(c2ccc3c(c2)[Si](C)(C)C2=CC(=[N+]4C([2H])([2H])C([2H])([2H])C4([2H])[2H])C=CC2=C3c2cc(C(C)(C)C)ccc2C(=O)[O-])C([2H])([2H])C1([2H])[2H]. The molecule has 0 aromatic heterocycles. The van der Waals surface area contributed by atoms with Gasteiger partial charge in [-0.05, 0) is 74.3 Å². The number of carboxylic acids is 1. The number of allylic oxidation sites excluding steroid dienone is 5. The van der Waals surface area contributed by atoms with Crippen LogP contribution in [0.4, 0.5) is 5.69 Å². The van der Waals surface area contributed by atoms with Gasteiger partial charge in [0.15, 0.2) is 5.71 Å². The summed E-state index contributed by atoms with van der Waals surface area (Å²) in [5.41, 5.74) is 2.52. The van der Waals surface area contributed by atoms with Gasteiger partial charge in [-0.25, -0.2) is 4.58 Å². The van der Waals surface area contributed by atoms with Crippen LogP contribution >= 0.6 is 0 Å². The Kier molecular flexibility index (Phi) is 4.24. The molecule has 3 aliphatic heterocycles. The number of aromatic carboxylic acids is 1. The number of fused-ring (bicyclic) bond motifs is 2. The number of hydrogen-bond donors (Lipinski definition) is 0. The van der Waals surface area contributed by atoms with E-state index in [1.165, 1.54) is 18.2 Å². The number of carboxylic acid groups (broad SMARTS) is 1. The highest BCUT2D eigenvalue weighted by Crippen LogP contribution is 2.43. The van der Waals surface area contributed by atoms with Crippen molar-refractivity contribution in [3.8, 4) is 0 Å². The first kappa shape index (κ1) is 16.5. The first-order chi connectivity index (χ1) is 23.5. The molecular weight excluding hydrogens is 516 g/mol. The van der Waals surface area contributed by atoms with E-state index < -0.39 is 52.8 Å². The third-order valence-electron chi connectivity index (χ3n) is 7.45. The minimum absolute atomic E-state index is 0.0792. The van der Waals surface area contributed by atoms with E-state index >= 15 is 0 Å². The maximum Gasteiger partial charge on any atom is 0.373 e. The molecule has 0 atom stereocenters. The normalized spacial score (nSPS) is 30.8. The van der Waals surface area contributed by atoms with Crippen LogP contribution in [0.5, 0.6) is 0 Å². The van der Waals surface area contributed by atoms with Crippen molar-refractivity contribution in [1.29, 1.82) is 0 Å². The van der Waals surface area contributed by atoms with Gasteiger partial charge in [0.1, 0.15) is 26.6 Å². The van der Waals surface area contributed by atoms with Gasteiger partial charge in [-0.15, -0.1) is 0 Å². The second-order valence-corrected chi connectivity index (χ2v) is 15.5. The van der Waals surface area contributed by atoms with E-state index in [2.05, 4.69) is 0 Å². The number of nitrogens with zero attached hydrogens (tertiary/aromatic N) is 2. The maximum absolute atomic E-state index is 12.6. The van der Waals surface area contributed by atoms with E-state index in [4.69, 9.17) is 26.0 Å². The van der Waals surface area contributed by atoms with E-state index in [-0.39, 0.29) is 28.5 Å². The molecule has 0 bridgehead atoms. The van der Waals surface area contributed by atoms with E-state index in [9.17, 15) is 9.90 Å². The van der Waals surface area contributed by atoms with Crippen LogP contribution in [-0.4, -0.2) is 56.5 Å². The van der Waals surface area contributed by atoms with Crippen molar-refractivity contribution in [1.82, 2.24) is 0 Å². The van der Waals surface area contributed by atoms with Gasteiger partial charge in [-0.2, -0.15) is 9.59 Å². The van der Waals surface area contributed by atoms with Crippen LogP contribution in [0.25, 0.3) is 5.57 Å². The molecule has 2 fully saturated rings. The fourth-order valence-electron chi connectivity index (χ4n) is 5.27. The minimum atomic E-state index is -3.00. The predicted octanol–water partition coefficient (Wildman–Crippen LogP) is 3.60. The Bertz CT molecular complexity index is 2050. The molecule has 7 heteroatoms. The number of carbonyl (C=O) groups is 1. The number of anilines is 1. The lowest BCUT2D eigenvalue weighted by Crippen LogP contribution is -2.50. The molecule has 2 aromatic carbocycles. The Balaban J connectivity index is 0.00000168. The minimum Gasteiger partial charge on any atom is -0.545 e. The Morgan fingerprint density at radius 1 is 1.02 bits per heavy atom. The summed E-state index contributed by atoms with van der Waals surface area (Å²) in [6.07, 6.45) is -0.632. The Morgan fingerprint density at radius 2 is 1.73 bits per heavy atom. The van der Waals surface area contributed by atoms with Crippen molar-refractivity contribution >= 4 is 42.4 Å². The van der Waals surface area contributed by atoms with Gasteiger partial charge in [0, 0.05) is 47.4 Å². The summed E-state index contributed by atoms with van der Waals surface area (Å²) in [7, 11) is -3.00. The highest BCUT2D eigenvalue weighted by Gasteiger charge is 2.41. The van der Waals surface area contributed by atoms with Crippen LogP contribution in [0.3, 0.4) is 0 Å². The zero-order valence-corrected chi connectivity index (χ0v) is 23.7. The second-order valence-electron chi connectivity index (χ2n) is 11.2. The fourth-order valence-corrected chi connectivity index (χ4v) is 8.34. The molecule has 0 spiro atoms. The Morgan fingerprint density at radius 3 is 2.38 bits per heavy atom. The van der Waals surface area contributed by atoms with Crippen LogP contribution in [0.1, 0.15) is 77.0 Å². The van der Waals surface area contributed by atoms with E-state index in [0.29, 0.717) is 32.7 Å². The fraction of sp³-hybridized carbons (Fsp3) is 0.364. The molecule has 6 rings (SSSR count). The number of rotatable bonds is 3. The average Bonchev–Trinajstić information content (AvgIpc) is 3.00. The molecule has 4 aliphatic rings. The third-order valence-corrected chi connectivity index (χ3v) is 11.0. The zero-order chi connectivity index (χ0) is 39.6. The largest absolute Gasteiger partial charge is 0.545 e. The summed E-state index contributed by atoms with van der Waals surface area (Å²) < 4.78 is 101. The molecule has 2 saturated heterocycles. The second kappa shape index (κ2) is 10.3. The number of carbonyl (C=O) groups excluding carboxylic acids is 3. The monoisotopic (exact) mass is 564 g/mol. The Hall–Kier alpha value is -3.80. The molecule has 0 N–H and O–H groups in total. The summed E-state index contributed by atoms with van der Waals surface area (Å²) in [5, 5.41) is 13.9. The first-order valence-corrected chi connectivity index (χ1v) is 15.6. The average molecular weight is 565 g/mol. The Labute approximate surface area is 253 Å². The van der Waals surface area contributed by atoms with Gasteiger partial charge in [-0.1, -0.05) is 52.1 Å². The van der Waals surface area contributed by atoms with Crippen LogP contribution in [0, 0.1) is 0 Å². The van der Waals surface area contributed by atoms with Gasteiger partial charge in [0.25, 0.3) is 0 Å². The van der Waals surface area contributed by atoms with Crippen molar-refractivity contribution in [2.75, 3.05) is 30.9 Å². The highest BCUT2D eigenvalue weighted by molar-refractivity contribution is 6.98. The van der Waals surface area contributed by atoms with Crippen molar-refractivity contribution in [3.63, 3.8) is 0 Å². The maximum atomic E-state index is 12.6. The van der Waals surface area contributed by atoms with E-state index in [1.807, 2.05) is 33.9 Å². The molecule has 6 nitrogen and oxygen atoms in total. The quantitative estimate of drug-likeness (QED) is 0.421. The summed E-state index contributed by atoms with van der Waals surface area (Å²) in [6, 6.07) is 9.73. The smallest absolute Gasteiger partial charge is 0.373 e. The highest BCUT2D eigenvalue weighted by atomic mass is 28.3. The lowest BCUT2D eigenvalue weighted by atomic mass is 9.81. The van der Waals surface area contributed by atoms with Crippen molar-refractivity contribution < 1.29 is 40.5 Å². The van der Waals surface area contributed by atoms with Gasteiger partial charge in [0.2, 0.25) is 0 Å². The number of hydrogen-bond acceptors (Lipinski definition) is 5. The first-order valence-electron chi connectivity index (χ1n) is 18.6. The summed E-state index contributed by atoms with van der Waals surface area (Å²) in [5.74, 6) is -1.42. The van der Waals surface area contributed by atoms with Crippen LogP contribution in [0.2, 0.25) is 13.1 Å². The molecule has 40 heavy (non-hydrogen) atoms. The molecule has 3 heterocycles. The molecular formula is C33H36N2O4Si. The molecule has 0 unspecified atom stereocenters. The third kappa shape index (κ3) is 4.74. The van der Waals surface area contributed by atoms with Gasteiger partial charge in [0.05, 0.1) is 12.3 Å². The van der Waals surface area contributed by atoms with Crippen molar-refractivity contribution in [3.05, 3.63) is 87.6 Å². The molecule has 0 radical (unpaired) electrons. The molecule has 0 amide bonds.